The zero-order valence-corrected chi connectivity index (χ0v) is 16.8. The molecular formula is C20H17ClFN3O3S. The lowest BCUT2D eigenvalue weighted by Gasteiger charge is -2.30. The molecule has 0 atom stereocenters. The van der Waals surface area contributed by atoms with Crippen LogP contribution >= 0.6 is 22.9 Å². The molecule has 0 radical (unpaired) electrons. The van der Waals surface area contributed by atoms with E-state index in [1.54, 1.807) is 33.3 Å². The number of benzene rings is 1. The average molecular weight is 434 g/mol. The van der Waals surface area contributed by atoms with Gasteiger partial charge in [-0.15, -0.1) is 11.3 Å². The summed E-state index contributed by atoms with van der Waals surface area (Å²) in [5.41, 5.74) is 0.480. The molecule has 1 aromatic carbocycles. The summed E-state index contributed by atoms with van der Waals surface area (Å²) in [5, 5.41) is 12.7. The van der Waals surface area contributed by atoms with Crippen molar-refractivity contribution >= 4 is 28.8 Å². The Morgan fingerprint density at radius 1 is 1.28 bits per heavy atom. The van der Waals surface area contributed by atoms with E-state index in [2.05, 4.69) is 4.98 Å². The van der Waals surface area contributed by atoms with E-state index in [-0.39, 0.29) is 22.2 Å². The van der Waals surface area contributed by atoms with Gasteiger partial charge in [-0.25, -0.2) is 9.37 Å². The number of fused-ring (bicyclic) bond motifs is 1. The fourth-order valence-electron chi connectivity index (χ4n) is 3.42. The van der Waals surface area contributed by atoms with Crippen molar-refractivity contribution in [1.82, 2.24) is 14.5 Å². The number of halogens is 2. The quantitative estimate of drug-likeness (QED) is 0.667. The van der Waals surface area contributed by atoms with Crippen molar-refractivity contribution in [1.29, 1.82) is 0 Å². The molecule has 0 spiro atoms. The Labute approximate surface area is 174 Å². The van der Waals surface area contributed by atoms with Gasteiger partial charge in [0.05, 0.1) is 10.6 Å². The summed E-state index contributed by atoms with van der Waals surface area (Å²) in [6, 6.07) is 4.66. The standard InChI is InChI=1S/C20H17ClFN3O3S/c21-14-4-3-12(10-15(14)22)2-1-6-24-7-8-25-11-13(19-23-5-9-29-19)17(26)18(27)16(25)20(24)28/h3-5,9-11,27H,1-2,6-8H2. The number of carbonyl (C=O) groups excluding carboxylic acids is 1. The highest BCUT2D eigenvalue weighted by atomic mass is 35.5. The van der Waals surface area contributed by atoms with E-state index < -0.39 is 17.0 Å². The van der Waals surface area contributed by atoms with Crippen LogP contribution in [0.25, 0.3) is 10.6 Å². The molecule has 0 unspecified atom stereocenters. The molecule has 3 heterocycles. The zero-order valence-electron chi connectivity index (χ0n) is 15.3. The van der Waals surface area contributed by atoms with E-state index in [1.807, 2.05) is 0 Å². The van der Waals surface area contributed by atoms with Crippen molar-refractivity contribution in [3.8, 4) is 16.3 Å². The number of aryl methyl sites for hydroxylation is 1. The fraction of sp³-hybridized carbons (Fsp3) is 0.250. The first-order chi connectivity index (χ1) is 14.0. The van der Waals surface area contributed by atoms with Gasteiger partial charge in [-0.2, -0.15) is 0 Å². The number of carbonyl (C=O) groups is 1. The Morgan fingerprint density at radius 2 is 2.10 bits per heavy atom. The molecule has 1 N–H and O–H groups in total. The Balaban J connectivity index is 1.50. The van der Waals surface area contributed by atoms with E-state index in [4.69, 9.17) is 11.6 Å². The highest BCUT2D eigenvalue weighted by Crippen LogP contribution is 2.26. The third-order valence-electron chi connectivity index (χ3n) is 4.90. The second-order valence-electron chi connectivity index (χ2n) is 6.74. The largest absolute Gasteiger partial charge is 0.503 e. The van der Waals surface area contributed by atoms with Crippen LogP contribution in [0.5, 0.6) is 5.75 Å². The number of hydrogen-bond donors (Lipinski definition) is 1. The van der Waals surface area contributed by atoms with E-state index in [0.29, 0.717) is 37.5 Å². The molecule has 3 aromatic rings. The van der Waals surface area contributed by atoms with Gasteiger partial charge in [-0.1, -0.05) is 17.7 Å². The van der Waals surface area contributed by atoms with Crippen molar-refractivity contribution in [3.05, 3.63) is 68.3 Å². The Hall–Kier alpha value is -2.71. The lowest BCUT2D eigenvalue weighted by atomic mass is 10.1. The summed E-state index contributed by atoms with van der Waals surface area (Å²) >= 11 is 6.99. The van der Waals surface area contributed by atoms with Gasteiger partial charge in [-0.3, -0.25) is 9.59 Å². The fourth-order valence-corrected chi connectivity index (χ4v) is 4.18. The first kappa shape index (κ1) is 19.6. The molecule has 1 amide bonds. The van der Waals surface area contributed by atoms with Crippen LogP contribution in [-0.4, -0.2) is 38.6 Å². The number of aromatic nitrogens is 2. The van der Waals surface area contributed by atoms with Gasteiger partial charge in [0.2, 0.25) is 5.43 Å². The molecule has 4 rings (SSSR count). The molecule has 0 saturated carbocycles. The van der Waals surface area contributed by atoms with Crippen molar-refractivity contribution < 1.29 is 14.3 Å². The van der Waals surface area contributed by atoms with Gasteiger partial charge in [0.25, 0.3) is 5.91 Å². The minimum absolute atomic E-state index is 0.000839. The maximum atomic E-state index is 13.5. The second-order valence-corrected chi connectivity index (χ2v) is 8.05. The maximum absolute atomic E-state index is 13.5. The monoisotopic (exact) mass is 433 g/mol. The smallest absolute Gasteiger partial charge is 0.274 e. The Bertz CT molecular complexity index is 1130. The van der Waals surface area contributed by atoms with E-state index in [1.165, 1.54) is 23.5 Å². The molecule has 29 heavy (non-hydrogen) atoms. The molecule has 2 aromatic heterocycles. The summed E-state index contributed by atoms with van der Waals surface area (Å²) in [6.07, 6.45) is 4.37. The minimum atomic E-state index is -0.599. The van der Waals surface area contributed by atoms with Crippen molar-refractivity contribution in [2.45, 2.75) is 19.4 Å². The van der Waals surface area contributed by atoms with Crippen molar-refractivity contribution in [3.63, 3.8) is 0 Å². The van der Waals surface area contributed by atoms with Gasteiger partial charge in [0, 0.05) is 37.4 Å². The number of rotatable bonds is 5. The van der Waals surface area contributed by atoms with Crippen LogP contribution in [0.1, 0.15) is 22.5 Å². The van der Waals surface area contributed by atoms with Crippen LogP contribution in [0.4, 0.5) is 4.39 Å². The zero-order chi connectivity index (χ0) is 20.5. The summed E-state index contributed by atoms with van der Waals surface area (Å²) in [7, 11) is 0. The third kappa shape index (κ3) is 3.77. The number of amides is 1. The summed E-state index contributed by atoms with van der Waals surface area (Å²) < 4.78 is 15.2. The molecule has 1 aliphatic rings. The van der Waals surface area contributed by atoms with Gasteiger partial charge in [0.1, 0.15) is 10.8 Å². The van der Waals surface area contributed by atoms with Crippen LogP contribution in [0.3, 0.4) is 0 Å². The van der Waals surface area contributed by atoms with Crippen LogP contribution < -0.4 is 5.43 Å². The number of thiazole rings is 1. The van der Waals surface area contributed by atoms with Gasteiger partial charge in [-0.05, 0) is 30.5 Å². The lowest BCUT2D eigenvalue weighted by molar-refractivity contribution is 0.0695. The van der Waals surface area contributed by atoms with E-state index >= 15 is 0 Å². The first-order valence-electron chi connectivity index (χ1n) is 9.05. The highest BCUT2D eigenvalue weighted by molar-refractivity contribution is 7.13. The van der Waals surface area contributed by atoms with Crippen LogP contribution in [0.2, 0.25) is 5.02 Å². The molecule has 0 saturated heterocycles. The Morgan fingerprint density at radius 3 is 2.83 bits per heavy atom. The third-order valence-corrected chi connectivity index (χ3v) is 6.01. The number of nitrogens with zero attached hydrogens (tertiary/aromatic N) is 3. The van der Waals surface area contributed by atoms with Crippen molar-refractivity contribution in [2.75, 3.05) is 13.1 Å². The minimum Gasteiger partial charge on any atom is -0.503 e. The Kier molecular flexibility index (Phi) is 5.38. The normalized spacial score (nSPS) is 13.6. The molecule has 0 fully saturated rings. The number of pyridine rings is 1. The lowest BCUT2D eigenvalue weighted by Crippen LogP contribution is -2.42. The van der Waals surface area contributed by atoms with Gasteiger partial charge >= 0.3 is 0 Å². The molecule has 1 aliphatic heterocycles. The van der Waals surface area contributed by atoms with Gasteiger partial charge in [0.15, 0.2) is 11.4 Å². The van der Waals surface area contributed by atoms with Crippen LogP contribution in [0, 0.1) is 5.82 Å². The number of hydrogen-bond acceptors (Lipinski definition) is 5. The highest BCUT2D eigenvalue weighted by Gasteiger charge is 2.29. The molecule has 9 heteroatoms. The molecule has 0 aliphatic carbocycles. The predicted octanol–water partition coefficient (Wildman–Crippen LogP) is 3.56. The molecular weight excluding hydrogens is 417 g/mol. The summed E-state index contributed by atoms with van der Waals surface area (Å²) in [5.74, 6) is -1.40. The predicted molar refractivity (Wildman–Crippen MR) is 109 cm³/mol. The topological polar surface area (TPSA) is 75.4 Å². The van der Waals surface area contributed by atoms with Gasteiger partial charge < -0.3 is 14.6 Å². The van der Waals surface area contributed by atoms with E-state index in [0.717, 1.165) is 5.56 Å². The van der Waals surface area contributed by atoms with E-state index in [9.17, 15) is 19.1 Å². The average Bonchev–Trinajstić information content (AvgIpc) is 3.23. The molecule has 6 nitrogen and oxygen atoms in total. The SMILES string of the molecule is O=C1c2c(O)c(=O)c(-c3nccs3)cn2CCN1CCCc1ccc(Cl)c(F)c1. The summed E-state index contributed by atoms with van der Waals surface area (Å²) in [4.78, 5) is 31.1. The molecule has 0 bridgehead atoms. The van der Waals surface area contributed by atoms with Crippen molar-refractivity contribution in [2.24, 2.45) is 0 Å². The molecule has 150 valence electrons. The first-order valence-corrected chi connectivity index (χ1v) is 10.3. The van der Waals surface area contributed by atoms with Crippen LogP contribution in [0.15, 0.2) is 40.8 Å². The summed E-state index contributed by atoms with van der Waals surface area (Å²) in [6.45, 7) is 1.36. The second kappa shape index (κ2) is 7.96. The number of aromatic hydroxyl groups is 1. The maximum Gasteiger partial charge on any atom is 0.274 e. The van der Waals surface area contributed by atoms with Crippen LogP contribution in [-0.2, 0) is 13.0 Å².